The molecule has 24 heavy (non-hydrogen) atoms. The van der Waals surface area contributed by atoms with Crippen LogP contribution >= 0.6 is 0 Å². The van der Waals surface area contributed by atoms with E-state index in [1.54, 1.807) is 0 Å². The van der Waals surface area contributed by atoms with Gasteiger partial charge in [0.2, 0.25) is 0 Å². The van der Waals surface area contributed by atoms with Gasteiger partial charge in [-0.2, -0.15) is 0 Å². The second-order valence-corrected chi connectivity index (χ2v) is 4.96. The molecule has 0 aromatic rings. The lowest BCUT2D eigenvalue weighted by molar-refractivity contribution is -0.123. The molecule has 8 atom stereocenters. The molecule has 12 nitrogen and oxygen atoms in total. The Hall–Kier alpha value is -0.480. The van der Waals surface area contributed by atoms with Crippen molar-refractivity contribution in [3.05, 3.63) is 0 Å². The molecule has 0 amide bonds. The molecular weight excluding hydrogens is 336 g/mol. The van der Waals surface area contributed by atoms with Crippen molar-refractivity contribution in [2.45, 2.75) is 48.8 Å². The Labute approximate surface area is 137 Å². The van der Waals surface area contributed by atoms with E-state index < -0.39 is 75.3 Å². The van der Waals surface area contributed by atoms with E-state index in [0.717, 1.165) is 0 Å². The summed E-state index contributed by atoms with van der Waals surface area (Å²) in [6.07, 6.45) is -12.8. The fourth-order valence-corrected chi connectivity index (χ4v) is 1.34. The van der Waals surface area contributed by atoms with Crippen LogP contribution in [0.15, 0.2) is 0 Å². The minimum atomic E-state index is -1.67. The van der Waals surface area contributed by atoms with Crippen molar-refractivity contribution in [2.24, 2.45) is 0 Å². The van der Waals surface area contributed by atoms with Crippen LogP contribution in [0.2, 0.25) is 0 Å². The van der Waals surface area contributed by atoms with E-state index in [0.29, 0.717) is 0 Å². The SMILES string of the molecule is OC[C@H](O)[C@H](O)[C@@H](O)[C@@H](O)CO.OC[C@H](O)[C@H](O)[C@@H](O)[C@@H](O)CO. The highest BCUT2D eigenvalue weighted by molar-refractivity contribution is 4.80. The van der Waals surface area contributed by atoms with E-state index in [1.807, 2.05) is 0 Å². The van der Waals surface area contributed by atoms with Crippen LogP contribution in [0.25, 0.3) is 0 Å². The molecule has 0 aliphatic heterocycles. The van der Waals surface area contributed by atoms with Gasteiger partial charge in [0, 0.05) is 0 Å². The number of hydrogen-bond acceptors (Lipinski definition) is 12. The Kier molecular flexibility index (Phi) is 14.8. The van der Waals surface area contributed by atoms with Crippen LogP contribution in [-0.4, -0.2) is 137 Å². The third-order valence-electron chi connectivity index (χ3n) is 3.02. The maximum atomic E-state index is 8.96. The average Bonchev–Trinajstić information content (AvgIpc) is 2.62. The molecule has 0 radical (unpaired) electrons. The second kappa shape index (κ2) is 13.8. The van der Waals surface area contributed by atoms with Crippen LogP contribution in [0.5, 0.6) is 0 Å². The first-order valence-corrected chi connectivity index (χ1v) is 6.96. The lowest BCUT2D eigenvalue weighted by Crippen LogP contribution is -2.46. The number of hydrogen-bond donors (Lipinski definition) is 12. The van der Waals surface area contributed by atoms with E-state index in [4.69, 9.17) is 61.3 Å². The number of aliphatic hydroxyl groups is 12. The van der Waals surface area contributed by atoms with Crippen LogP contribution in [0.3, 0.4) is 0 Å². The van der Waals surface area contributed by atoms with Crippen LogP contribution < -0.4 is 0 Å². The summed E-state index contributed by atoms with van der Waals surface area (Å²) in [5.74, 6) is 0. The molecule has 0 aliphatic carbocycles. The molecule has 12 heteroatoms. The van der Waals surface area contributed by atoms with Gasteiger partial charge < -0.3 is 61.3 Å². The third kappa shape index (κ3) is 9.12. The zero-order valence-electron chi connectivity index (χ0n) is 12.8. The third-order valence-corrected chi connectivity index (χ3v) is 3.02. The molecule has 148 valence electrons. The maximum Gasteiger partial charge on any atom is 0.111 e. The minimum Gasteiger partial charge on any atom is -0.394 e. The Morgan fingerprint density at radius 1 is 0.333 bits per heavy atom. The fourth-order valence-electron chi connectivity index (χ4n) is 1.34. The summed E-state index contributed by atoms with van der Waals surface area (Å²) >= 11 is 0. The topological polar surface area (TPSA) is 243 Å². The van der Waals surface area contributed by atoms with Gasteiger partial charge in [-0.15, -0.1) is 0 Å². The Morgan fingerprint density at radius 3 is 0.542 bits per heavy atom. The standard InChI is InChI=1S/2C6H14O6/c2*7-1-3(9)5(11)6(12)4(10)2-8/h2*3-12H,1-2H2/t2*3-,4-,5-,6-/m00/s1. The van der Waals surface area contributed by atoms with Gasteiger partial charge in [-0.05, 0) is 0 Å². The van der Waals surface area contributed by atoms with Gasteiger partial charge in [0.25, 0.3) is 0 Å². The predicted octanol–water partition coefficient (Wildman–Crippen LogP) is -7.17. The minimum absolute atomic E-state index is 0.726. The monoisotopic (exact) mass is 364 g/mol. The normalized spacial score (nSPS) is 21.5. The van der Waals surface area contributed by atoms with E-state index in [2.05, 4.69) is 0 Å². The van der Waals surface area contributed by atoms with Gasteiger partial charge in [-0.25, -0.2) is 0 Å². The maximum absolute atomic E-state index is 8.96. The van der Waals surface area contributed by atoms with Crippen molar-refractivity contribution >= 4 is 0 Å². The zero-order valence-corrected chi connectivity index (χ0v) is 12.8. The van der Waals surface area contributed by atoms with Crippen molar-refractivity contribution in [2.75, 3.05) is 26.4 Å². The molecule has 0 saturated heterocycles. The first kappa shape index (κ1) is 25.8. The van der Waals surface area contributed by atoms with Crippen LogP contribution in [0.1, 0.15) is 0 Å². The largest absolute Gasteiger partial charge is 0.394 e. The van der Waals surface area contributed by atoms with Gasteiger partial charge in [0.15, 0.2) is 0 Å². The summed E-state index contributed by atoms with van der Waals surface area (Å²) < 4.78 is 0. The highest BCUT2D eigenvalue weighted by Crippen LogP contribution is 2.04. The Bertz CT molecular complexity index is 237. The molecule has 0 aromatic heterocycles. The zero-order chi connectivity index (χ0) is 19.4. The van der Waals surface area contributed by atoms with Gasteiger partial charge in [-0.3, -0.25) is 0 Å². The molecule has 0 aromatic carbocycles. The molecular formula is C12H28O12. The van der Waals surface area contributed by atoms with Gasteiger partial charge in [0.05, 0.1) is 26.4 Å². The second-order valence-electron chi connectivity index (χ2n) is 4.96. The quantitative estimate of drug-likeness (QED) is 0.173. The van der Waals surface area contributed by atoms with E-state index >= 15 is 0 Å². The Morgan fingerprint density at radius 2 is 0.458 bits per heavy atom. The van der Waals surface area contributed by atoms with Crippen molar-refractivity contribution in [3.8, 4) is 0 Å². The van der Waals surface area contributed by atoms with Crippen LogP contribution in [0.4, 0.5) is 0 Å². The van der Waals surface area contributed by atoms with E-state index in [9.17, 15) is 0 Å². The highest BCUT2D eigenvalue weighted by Gasteiger charge is 2.30. The lowest BCUT2D eigenvalue weighted by Gasteiger charge is -2.24. The highest BCUT2D eigenvalue weighted by atomic mass is 16.4. The van der Waals surface area contributed by atoms with Crippen molar-refractivity contribution in [3.63, 3.8) is 0 Å². The molecule has 0 rings (SSSR count). The number of rotatable bonds is 10. The van der Waals surface area contributed by atoms with Gasteiger partial charge >= 0.3 is 0 Å². The van der Waals surface area contributed by atoms with Crippen molar-refractivity contribution in [1.82, 2.24) is 0 Å². The Balaban J connectivity index is 0. The van der Waals surface area contributed by atoms with Gasteiger partial charge in [0.1, 0.15) is 48.8 Å². The molecule has 0 bridgehead atoms. The fraction of sp³-hybridized carbons (Fsp3) is 1.00. The lowest BCUT2D eigenvalue weighted by atomic mass is 10.0. The summed E-state index contributed by atoms with van der Waals surface area (Å²) in [5, 5.41) is 104. The van der Waals surface area contributed by atoms with Crippen LogP contribution in [0, 0.1) is 0 Å². The molecule has 0 heterocycles. The number of aliphatic hydroxyl groups excluding tert-OH is 12. The predicted molar refractivity (Wildman–Crippen MR) is 76.4 cm³/mol. The summed E-state index contributed by atoms with van der Waals surface area (Å²) in [5.41, 5.74) is 0. The van der Waals surface area contributed by atoms with E-state index in [1.165, 1.54) is 0 Å². The average molecular weight is 364 g/mol. The van der Waals surface area contributed by atoms with Crippen molar-refractivity contribution in [1.29, 1.82) is 0 Å². The molecule has 12 N–H and O–H groups in total. The summed E-state index contributed by atoms with van der Waals surface area (Å²) in [6, 6.07) is 0. The van der Waals surface area contributed by atoms with Crippen LogP contribution in [-0.2, 0) is 0 Å². The molecule has 0 saturated carbocycles. The molecule has 0 spiro atoms. The van der Waals surface area contributed by atoms with Gasteiger partial charge in [-0.1, -0.05) is 0 Å². The molecule has 0 aliphatic rings. The van der Waals surface area contributed by atoms with E-state index in [-0.39, 0.29) is 0 Å². The summed E-state index contributed by atoms with van der Waals surface area (Å²) in [6.45, 7) is -2.90. The van der Waals surface area contributed by atoms with Crippen molar-refractivity contribution < 1.29 is 61.3 Å². The smallest absolute Gasteiger partial charge is 0.111 e. The molecule has 0 fully saturated rings. The first-order valence-electron chi connectivity index (χ1n) is 6.96. The first-order chi connectivity index (χ1) is 11.1. The summed E-state index contributed by atoms with van der Waals surface area (Å²) in [4.78, 5) is 0. The summed E-state index contributed by atoms with van der Waals surface area (Å²) in [7, 11) is 0. The molecule has 0 unspecified atom stereocenters.